The largest absolute Gasteiger partial charge is 0.324 e. The van der Waals surface area contributed by atoms with Gasteiger partial charge in [0.25, 0.3) is 5.95 Å². The molecule has 0 aliphatic heterocycles. The number of benzene rings is 2. The number of nitrogens with zero attached hydrogens (tertiary/aromatic N) is 6. The smallest absolute Gasteiger partial charge is 0.257 e. The van der Waals surface area contributed by atoms with Gasteiger partial charge >= 0.3 is 0 Å². The van der Waals surface area contributed by atoms with Crippen LogP contribution in [0.5, 0.6) is 0 Å². The van der Waals surface area contributed by atoms with Crippen LogP contribution in [0.25, 0.3) is 5.95 Å². The van der Waals surface area contributed by atoms with Crippen molar-refractivity contribution in [2.45, 2.75) is 13.8 Å². The van der Waals surface area contributed by atoms with E-state index in [1.807, 2.05) is 44.2 Å². The van der Waals surface area contributed by atoms with Crippen molar-refractivity contribution in [2.75, 3.05) is 10.7 Å². The van der Waals surface area contributed by atoms with Crippen molar-refractivity contribution in [3.63, 3.8) is 0 Å². The van der Waals surface area contributed by atoms with Crippen LogP contribution >= 0.6 is 15.9 Å². The number of hydrogen-bond acceptors (Lipinski definition) is 7. The van der Waals surface area contributed by atoms with Crippen LogP contribution in [0, 0.1) is 19.7 Å². The molecule has 31 heavy (non-hydrogen) atoms. The van der Waals surface area contributed by atoms with E-state index >= 15 is 0 Å². The fraction of sp³-hybridized carbons (Fsp3) is 0.0952. The normalized spacial score (nSPS) is 11.1. The SMILES string of the molecule is Cc1cc(C)n(-c2nc(NN=Cc3ccc(F)cc3)nc(Nc3ccc(Br)cc3)n2)n1. The highest BCUT2D eigenvalue weighted by Crippen LogP contribution is 2.19. The summed E-state index contributed by atoms with van der Waals surface area (Å²) < 4.78 is 15.7. The zero-order chi connectivity index (χ0) is 21.8. The van der Waals surface area contributed by atoms with Gasteiger partial charge in [-0.3, -0.25) is 0 Å². The Morgan fingerprint density at radius 1 is 0.968 bits per heavy atom. The van der Waals surface area contributed by atoms with E-state index in [4.69, 9.17) is 0 Å². The van der Waals surface area contributed by atoms with Crippen molar-refractivity contribution in [2.24, 2.45) is 5.10 Å². The van der Waals surface area contributed by atoms with Crippen LogP contribution in [0.1, 0.15) is 17.0 Å². The summed E-state index contributed by atoms with van der Waals surface area (Å²) >= 11 is 3.42. The van der Waals surface area contributed by atoms with Gasteiger partial charge in [-0.15, -0.1) is 0 Å². The minimum absolute atomic E-state index is 0.232. The molecule has 0 amide bonds. The van der Waals surface area contributed by atoms with E-state index in [1.165, 1.54) is 12.1 Å². The molecular weight excluding hydrogens is 463 g/mol. The number of halogens is 2. The summed E-state index contributed by atoms with van der Waals surface area (Å²) in [6.45, 7) is 3.82. The first-order valence-corrected chi connectivity index (χ1v) is 10.1. The molecule has 0 unspecified atom stereocenters. The van der Waals surface area contributed by atoms with Crippen molar-refractivity contribution in [1.82, 2.24) is 24.7 Å². The Bertz CT molecular complexity index is 1220. The van der Waals surface area contributed by atoms with E-state index in [1.54, 1.807) is 23.0 Å². The molecule has 0 saturated heterocycles. The van der Waals surface area contributed by atoms with Crippen LogP contribution in [-0.2, 0) is 0 Å². The molecule has 0 spiro atoms. The van der Waals surface area contributed by atoms with Crippen LogP contribution in [0.15, 0.2) is 64.2 Å². The van der Waals surface area contributed by atoms with E-state index in [0.717, 1.165) is 27.1 Å². The van der Waals surface area contributed by atoms with Gasteiger partial charge in [-0.2, -0.15) is 25.2 Å². The fourth-order valence-corrected chi connectivity index (χ4v) is 3.04. The van der Waals surface area contributed by atoms with Gasteiger partial charge in [0.2, 0.25) is 11.9 Å². The molecule has 2 N–H and O–H groups in total. The van der Waals surface area contributed by atoms with Crippen LogP contribution < -0.4 is 10.7 Å². The summed E-state index contributed by atoms with van der Waals surface area (Å²) in [5.74, 6) is 0.607. The molecule has 156 valence electrons. The van der Waals surface area contributed by atoms with Crippen LogP contribution in [0.3, 0.4) is 0 Å². The van der Waals surface area contributed by atoms with E-state index in [9.17, 15) is 4.39 Å². The summed E-state index contributed by atoms with van der Waals surface area (Å²) in [6.07, 6.45) is 1.55. The maximum Gasteiger partial charge on any atom is 0.257 e. The number of hydrogen-bond donors (Lipinski definition) is 2. The highest BCUT2D eigenvalue weighted by Gasteiger charge is 2.12. The van der Waals surface area contributed by atoms with Gasteiger partial charge in [-0.25, -0.2) is 14.5 Å². The molecule has 2 aromatic carbocycles. The minimum Gasteiger partial charge on any atom is -0.324 e. The van der Waals surface area contributed by atoms with Gasteiger partial charge in [0, 0.05) is 15.9 Å². The molecule has 4 rings (SSSR count). The number of anilines is 3. The molecule has 0 atom stereocenters. The molecule has 0 fully saturated rings. The average Bonchev–Trinajstić information content (AvgIpc) is 3.09. The third kappa shape index (κ3) is 5.28. The monoisotopic (exact) mass is 480 g/mol. The highest BCUT2D eigenvalue weighted by molar-refractivity contribution is 9.10. The van der Waals surface area contributed by atoms with E-state index < -0.39 is 0 Å². The predicted octanol–water partition coefficient (Wildman–Crippen LogP) is 4.77. The third-order valence-electron chi connectivity index (χ3n) is 4.17. The van der Waals surface area contributed by atoms with Gasteiger partial charge < -0.3 is 5.32 Å². The lowest BCUT2D eigenvalue weighted by Crippen LogP contribution is -2.11. The Morgan fingerprint density at radius 3 is 2.35 bits per heavy atom. The predicted molar refractivity (Wildman–Crippen MR) is 121 cm³/mol. The lowest BCUT2D eigenvalue weighted by Gasteiger charge is -2.09. The van der Waals surface area contributed by atoms with Gasteiger partial charge in [0.1, 0.15) is 5.82 Å². The molecule has 0 saturated carbocycles. The summed E-state index contributed by atoms with van der Waals surface area (Å²) in [4.78, 5) is 13.3. The van der Waals surface area contributed by atoms with Gasteiger partial charge in [0.15, 0.2) is 0 Å². The zero-order valence-electron chi connectivity index (χ0n) is 16.7. The van der Waals surface area contributed by atoms with Gasteiger partial charge in [0.05, 0.1) is 11.9 Å². The topological polar surface area (TPSA) is 92.9 Å². The van der Waals surface area contributed by atoms with Crippen molar-refractivity contribution < 1.29 is 4.39 Å². The van der Waals surface area contributed by atoms with Crippen molar-refractivity contribution in [1.29, 1.82) is 0 Å². The second kappa shape index (κ2) is 9.00. The Hall–Kier alpha value is -3.66. The lowest BCUT2D eigenvalue weighted by molar-refractivity contribution is 0.628. The lowest BCUT2D eigenvalue weighted by atomic mass is 10.2. The average molecular weight is 481 g/mol. The molecule has 2 aromatic heterocycles. The molecule has 4 aromatic rings. The number of aromatic nitrogens is 5. The summed E-state index contributed by atoms with van der Waals surface area (Å²) in [5, 5.41) is 11.8. The summed E-state index contributed by atoms with van der Waals surface area (Å²) in [6, 6.07) is 15.5. The maximum absolute atomic E-state index is 13.1. The van der Waals surface area contributed by atoms with E-state index in [2.05, 4.69) is 51.8 Å². The van der Waals surface area contributed by atoms with Crippen molar-refractivity contribution in [3.8, 4) is 5.95 Å². The standard InChI is InChI=1S/C21H18BrFN8/c1-13-11-14(2)31(30-13)21-27-19(25-18-9-5-16(22)6-10-18)26-20(28-21)29-24-12-15-3-7-17(23)8-4-15/h3-12H,1-2H3,(H2,25,26,27,28,29). The molecular formula is C21H18BrFN8. The van der Waals surface area contributed by atoms with Crippen molar-refractivity contribution in [3.05, 3.63) is 81.8 Å². The first-order valence-electron chi connectivity index (χ1n) is 9.33. The number of aryl methyl sites for hydroxylation is 2. The Balaban J connectivity index is 1.64. The van der Waals surface area contributed by atoms with E-state index in [0.29, 0.717) is 11.9 Å². The molecule has 2 heterocycles. The molecule has 8 nitrogen and oxygen atoms in total. The van der Waals surface area contributed by atoms with Crippen LogP contribution in [0.2, 0.25) is 0 Å². The number of rotatable bonds is 6. The quantitative estimate of drug-likeness (QED) is 0.305. The molecule has 0 aliphatic carbocycles. The Labute approximate surface area is 186 Å². The van der Waals surface area contributed by atoms with Gasteiger partial charge in [-0.1, -0.05) is 28.1 Å². The summed E-state index contributed by atoms with van der Waals surface area (Å²) in [5.41, 5.74) is 6.09. The first-order chi connectivity index (χ1) is 15.0. The fourth-order valence-electron chi connectivity index (χ4n) is 2.77. The minimum atomic E-state index is -0.305. The van der Waals surface area contributed by atoms with Crippen LogP contribution in [-0.4, -0.2) is 30.9 Å². The van der Waals surface area contributed by atoms with Gasteiger partial charge in [-0.05, 0) is 61.9 Å². The Kier molecular flexibility index (Phi) is 5.99. The second-order valence-electron chi connectivity index (χ2n) is 6.67. The molecule has 0 bridgehead atoms. The van der Waals surface area contributed by atoms with Crippen LogP contribution in [0.4, 0.5) is 22.0 Å². The molecule has 0 radical (unpaired) electrons. The first kappa shape index (κ1) is 20.6. The zero-order valence-corrected chi connectivity index (χ0v) is 18.3. The van der Waals surface area contributed by atoms with E-state index in [-0.39, 0.29) is 11.8 Å². The summed E-state index contributed by atoms with van der Waals surface area (Å²) in [7, 11) is 0. The molecule has 0 aliphatic rings. The van der Waals surface area contributed by atoms with Crippen molar-refractivity contribution >= 4 is 39.7 Å². The maximum atomic E-state index is 13.1. The second-order valence-corrected chi connectivity index (χ2v) is 7.59. The third-order valence-corrected chi connectivity index (χ3v) is 4.70. The molecule has 10 heteroatoms. The Morgan fingerprint density at radius 2 is 1.68 bits per heavy atom. The number of nitrogens with one attached hydrogen (secondary N) is 2. The number of hydrazone groups is 1. The highest BCUT2D eigenvalue weighted by atomic mass is 79.9.